The van der Waals surface area contributed by atoms with Crippen LogP contribution in [0.3, 0.4) is 0 Å². The van der Waals surface area contributed by atoms with Gasteiger partial charge < -0.3 is 16.0 Å². The van der Waals surface area contributed by atoms with Gasteiger partial charge in [0.2, 0.25) is 11.3 Å². The van der Waals surface area contributed by atoms with E-state index in [4.69, 9.17) is 21.4 Å². The summed E-state index contributed by atoms with van der Waals surface area (Å²) in [5.41, 5.74) is 17.6. The average Bonchev–Trinajstić information content (AvgIpc) is 3.22. The number of amidine groups is 1. The average molecular weight is 405 g/mol. The maximum atomic E-state index is 10.8. The first-order valence-corrected chi connectivity index (χ1v) is 10.7. The predicted octanol–water partition coefficient (Wildman–Crippen LogP) is 1.51. The van der Waals surface area contributed by atoms with Gasteiger partial charge >= 0.3 is 0 Å². The molecule has 28 heavy (non-hydrogen) atoms. The fourth-order valence-corrected chi connectivity index (χ4v) is 4.20. The van der Waals surface area contributed by atoms with Crippen molar-refractivity contribution in [3.63, 3.8) is 0 Å². The number of rotatable bonds is 9. The molecule has 0 fully saturated rings. The molecule has 0 aliphatic heterocycles. The molecule has 1 aliphatic rings. The second-order valence-corrected chi connectivity index (χ2v) is 7.88. The Bertz CT molecular complexity index is 908. The fraction of sp³-hybridized carbons (Fsp3) is 0.474. The molecule has 0 bridgehead atoms. The fourth-order valence-electron chi connectivity index (χ4n) is 3.88. The van der Waals surface area contributed by atoms with Crippen molar-refractivity contribution < 1.29 is 8.76 Å². The van der Waals surface area contributed by atoms with Gasteiger partial charge in [0.15, 0.2) is 0 Å². The van der Waals surface area contributed by atoms with Gasteiger partial charge in [-0.3, -0.25) is 9.96 Å². The van der Waals surface area contributed by atoms with Crippen LogP contribution >= 0.6 is 0 Å². The molecule has 0 amide bonds. The minimum absolute atomic E-state index is 0.156. The number of anilines is 1. The molecule has 2 aromatic rings. The number of nitrogens with one attached hydrogen (secondary N) is 2. The van der Waals surface area contributed by atoms with Crippen LogP contribution in [0.4, 0.5) is 5.82 Å². The summed E-state index contributed by atoms with van der Waals surface area (Å²) >= 11 is -2.03. The van der Waals surface area contributed by atoms with E-state index in [9.17, 15) is 4.21 Å². The second-order valence-electron chi connectivity index (χ2n) is 7.10. The van der Waals surface area contributed by atoms with Crippen molar-refractivity contribution in [1.29, 1.82) is 5.41 Å². The van der Waals surface area contributed by atoms with Crippen LogP contribution in [0.2, 0.25) is 0 Å². The van der Waals surface area contributed by atoms with Crippen molar-refractivity contribution in [2.24, 2.45) is 5.73 Å². The molecule has 0 radical (unpaired) electrons. The topological polar surface area (TPSA) is 143 Å². The monoisotopic (exact) mass is 404 g/mol. The molecule has 1 aliphatic carbocycles. The summed E-state index contributed by atoms with van der Waals surface area (Å²) in [6, 6.07) is 4.61. The summed E-state index contributed by atoms with van der Waals surface area (Å²) in [5.74, 6) is 0.976. The number of nitrogen functional groups attached to an aromatic ring is 2. The summed E-state index contributed by atoms with van der Waals surface area (Å²) in [7, 11) is 0. The Kier molecular flexibility index (Phi) is 6.48. The Hall–Kier alpha value is -2.23. The van der Waals surface area contributed by atoms with Crippen molar-refractivity contribution in [3.05, 3.63) is 45.9 Å². The standard InChI is InChI=1S/C19H28N6O2S/c1-2-12-9-13-5-3-6-14(13)10-15(12)11-16-24-17(18(20)21)19(22)25(16)8-4-7-23-28(26)27/h9-10,23H,2-8,11,22H2,1H3,(H3,20,21)(H,26,27). The minimum atomic E-state index is -2.03. The van der Waals surface area contributed by atoms with Crippen molar-refractivity contribution >= 4 is 22.9 Å². The van der Waals surface area contributed by atoms with E-state index >= 15 is 0 Å². The van der Waals surface area contributed by atoms with E-state index in [1.807, 2.05) is 4.57 Å². The highest BCUT2D eigenvalue weighted by Crippen LogP contribution is 2.28. The maximum absolute atomic E-state index is 10.8. The summed E-state index contributed by atoms with van der Waals surface area (Å²) in [6.45, 7) is 3.05. The molecule has 1 heterocycles. The van der Waals surface area contributed by atoms with Gasteiger partial charge in [-0.25, -0.2) is 13.9 Å². The van der Waals surface area contributed by atoms with E-state index in [1.165, 1.54) is 28.7 Å². The largest absolute Gasteiger partial charge is 0.383 e. The third-order valence-corrected chi connectivity index (χ3v) is 5.72. The number of hydrogen-bond donors (Lipinski definition) is 5. The Morgan fingerprint density at radius 1 is 1.36 bits per heavy atom. The number of nitrogens with zero attached hydrogens (tertiary/aromatic N) is 2. The van der Waals surface area contributed by atoms with Gasteiger partial charge in [-0.05, 0) is 54.4 Å². The quantitative estimate of drug-likeness (QED) is 0.186. The van der Waals surface area contributed by atoms with E-state index in [0.29, 0.717) is 37.4 Å². The zero-order valence-corrected chi connectivity index (χ0v) is 16.9. The summed E-state index contributed by atoms with van der Waals surface area (Å²) in [4.78, 5) is 4.55. The van der Waals surface area contributed by atoms with Crippen LogP contribution in [0, 0.1) is 5.41 Å². The van der Waals surface area contributed by atoms with Crippen LogP contribution in [0.15, 0.2) is 12.1 Å². The van der Waals surface area contributed by atoms with E-state index in [2.05, 4.69) is 28.8 Å². The molecule has 8 nitrogen and oxygen atoms in total. The van der Waals surface area contributed by atoms with Crippen molar-refractivity contribution in [1.82, 2.24) is 14.3 Å². The van der Waals surface area contributed by atoms with Crippen molar-refractivity contribution in [3.8, 4) is 0 Å². The lowest BCUT2D eigenvalue weighted by Gasteiger charge is -2.14. The van der Waals surface area contributed by atoms with Gasteiger partial charge in [-0.15, -0.1) is 0 Å². The predicted molar refractivity (Wildman–Crippen MR) is 112 cm³/mol. The smallest absolute Gasteiger partial charge is 0.231 e. The maximum Gasteiger partial charge on any atom is 0.231 e. The van der Waals surface area contributed by atoms with Gasteiger partial charge in [0.1, 0.15) is 23.2 Å². The third-order valence-electron chi connectivity index (χ3n) is 5.27. The number of aromatic nitrogens is 2. The SMILES string of the molecule is CCc1cc2c(cc1Cc1nc(C(=N)N)c(N)n1CCCNS(=O)O)CCC2. The third kappa shape index (κ3) is 4.43. The number of imidazole rings is 1. The first kappa shape index (κ1) is 20.5. The molecule has 0 spiro atoms. The molecule has 0 saturated carbocycles. The van der Waals surface area contributed by atoms with E-state index in [-0.39, 0.29) is 5.84 Å². The zero-order chi connectivity index (χ0) is 20.3. The highest BCUT2D eigenvalue weighted by Gasteiger charge is 2.20. The van der Waals surface area contributed by atoms with Gasteiger partial charge in [-0.2, -0.15) is 0 Å². The minimum Gasteiger partial charge on any atom is -0.383 e. The highest BCUT2D eigenvalue weighted by molar-refractivity contribution is 7.77. The van der Waals surface area contributed by atoms with E-state index in [1.54, 1.807) is 0 Å². The van der Waals surface area contributed by atoms with Crippen molar-refractivity contribution in [2.75, 3.05) is 12.3 Å². The first-order chi connectivity index (χ1) is 13.4. The normalized spacial score (nSPS) is 14.2. The molecule has 9 heteroatoms. The molecule has 1 aromatic carbocycles. The van der Waals surface area contributed by atoms with E-state index < -0.39 is 11.3 Å². The van der Waals surface area contributed by atoms with Crippen LogP contribution in [0.1, 0.15) is 53.5 Å². The number of fused-ring (bicyclic) bond motifs is 1. The molecule has 7 N–H and O–H groups in total. The molecule has 0 saturated heterocycles. The molecular weight excluding hydrogens is 376 g/mol. The summed E-state index contributed by atoms with van der Waals surface area (Å²) < 4.78 is 23.9. The molecule has 1 unspecified atom stereocenters. The Morgan fingerprint density at radius 3 is 2.64 bits per heavy atom. The Morgan fingerprint density at radius 2 is 2.04 bits per heavy atom. The number of nitrogens with two attached hydrogens (primary N) is 2. The Balaban J connectivity index is 1.89. The first-order valence-electron chi connectivity index (χ1n) is 9.57. The highest BCUT2D eigenvalue weighted by atomic mass is 32.2. The molecule has 3 rings (SSSR count). The van der Waals surface area contributed by atoms with Crippen LogP contribution in [0.5, 0.6) is 0 Å². The zero-order valence-electron chi connectivity index (χ0n) is 16.1. The van der Waals surface area contributed by atoms with E-state index in [0.717, 1.165) is 25.1 Å². The van der Waals surface area contributed by atoms with Crippen LogP contribution in [-0.4, -0.2) is 30.7 Å². The summed E-state index contributed by atoms with van der Waals surface area (Å²) in [6.07, 6.45) is 5.64. The lowest BCUT2D eigenvalue weighted by atomic mass is 9.96. The lowest BCUT2D eigenvalue weighted by molar-refractivity contribution is 0.540. The van der Waals surface area contributed by atoms with Gasteiger partial charge in [0.05, 0.1) is 0 Å². The Labute approximate surface area is 167 Å². The van der Waals surface area contributed by atoms with Crippen molar-refractivity contribution in [2.45, 2.75) is 52.0 Å². The van der Waals surface area contributed by atoms with Gasteiger partial charge in [0.25, 0.3) is 0 Å². The van der Waals surface area contributed by atoms with Gasteiger partial charge in [-0.1, -0.05) is 19.1 Å². The van der Waals surface area contributed by atoms with Crippen LogP contribution < -0.4 is 16.2 Å². The molecule has 1 aromatic heterocycles. The summed E-state index contributed by atoms with van der Waals surface area (Å²) in [5, 5.41) is 7.75. The second kappa shape index (κ2) is 8.85. The number of aryl methyl sites for hydroxylation is 3. The number of benzene rings is 1. The molecular formula is C19H28N6O2S. The van der Waals surface area contributed by atoms with Gasteiger partial charge in [0, 0.05) is 19.5 Å². The lowest BCUT2D eigenvalue weighted by Crippen LogP contribution is -2.20. The van der Waals surface area contributed by atoms with Crippen LogP contribution in [-0.2, 0) is 43.5 Å². The number of hydrogen-bond acceptors (Lipinski definition) is 4. The molecule has 1 atom stereocenters. The van der Waals surface area contributed by atoms with Crippen LogP contribution in [0.25, 0.3) is 0 Å². The molecule has 152 valence electrons.